The predicted molar refractivity (Wildman–Crippen MR) is 19.2 cm³/mol. The van der Waals surface area contributed by atoms with Crippen molar-refractivity contribution in [2.75, 3.05) is 0 Å². The molecule has 4 nitrogen and oxygen atoms in total. The van der Waals surface area contributed by atoms with Gasteiger partial charge in [0.1, 0.15) is 0 Å². The average molecular weight is 228 g/mol. The minimum atomic E-state index is 0. The molecular formula is N4SiTi3. The van der Waals surface area contributed by atoms with Gasteiger partial charge in [0.05, 0.1) is 0 Å². The molecule has 0 aromatic heterocycles. The van der Waals surface area contributed by atoms with Gasteiger partial charge in [0.25, 0.3) is 0 Å². The third-order valence-electron chi connectivity index (χ3n) is 0. The topological polar surface area (TPSA) is 122 Å². The Hall–Kier alpha value is 2.20. The van der Waals surface area contributed by atoms with Crippen molar-refractivity contribution in [1.29, 1.82) is 0 Å². The van der Waals surface area contributed by atoms with Gasteiger partial charge in [-0.2, -0.15) is 0 Å². The summed E-state index contributed by atoms with van der Waals surface area (Å²) < 4.78 is 0. The van der Waals surface area contributed by atoms with Crippen LogP contribution in [0.15, 0.2) is 0 Å². The van der Waals surface area contributed by atoms with E-state index < -0.39 is 0 Å². The molecular weight excluding hydrogens is 228 g/mol. The van der Waals surface area contributed by atoms with Gasteiger partial charge < -0.3 is 24.6 Å². The first-order valence-electron chi connectivity index (χ1n) is 0. The quantitative estimate of drug-likeness (QED) is 0.543. The third kappa shape index (κ3) is 87.8. The van der Waals surface area contributed by atoms with Crippen LogP contribution in [0.25, 0.3) is 24.6 Å². The molecule has 0 aliphatic rings. The minimum absolute atomic E-state index is 0. The van der Waals surface area contributed by atoms with E-state index in [1.54, 1.807) is 0 Å². The Labute approximate surface area is 99.7 Å². The molecule has 0 rings (SSSR count). The van der Waals surface area contributed by atoms with Crippen molar-refractivity contribution in [2.45, 2.75) is 0 Å². The number of hydrogen-bond acceptors (Lipinski definition) is 0. The van der Waals surface area contributed by atoms with Crippen LogP contribution in [0.5, 0.6) is 0 Å². The van der Waals surface area contributed by atoms with E-state index in [4.69, 9.17) is 0 Å². The van der Waals surface area contributed by atoms with E-state index >= 15 is 0 Å². The van der Waals surface area contributed by atoms with Crippen LogP contribution >= 0.6 is 0 Å². The number of nitrogens with zero attached hydrogens (tertiary/aromatic N) is 4. The Morgan fingerprint density at radius 1 is 0.375 bits per heavy atom. The van der Waals surface area contributed by atoms with Crippen molar-refractivity contribution < 1.29 is 65.2 Å². The zero-order valence-electron chi connectivity index (χ0n) is 3.79. The second kappa shape index (κ2) is 128. The Bertz CT molecular complexity index is 11.2. The molecule has 0 atom stereocenters. The van der Waals surface area contributed by atoms with E-state index in [9.17, 15) is 0 Å². The number of rotatable bonds is 0. The predicted octanol–water partition coefficient (Wildman–Crippen LogP) is 0.767. The molecule has 0 aliphatic carbocycles. The number of hydrogen-bond donors (Lipinski definition) is 0. The monoisotopic (exact) mass is 228 g/mol. The van der Waals surface area contributed by atoms with E-state index in [1.165, 1.54) is 0 Å². The fourth-order valence-corrected chi connectivity index (χ4v) is 0. The summed E-state index contributed by atoms with van der Waals surface area (Å²) in [4.78, 5) is 0. The molecule has 4 radical (unpaired) electrons. The summed E-state index contributed by atoms with van der Waals surface area (Å²) in [6, 6.07) is 0. The molecule has 0 N–H and O–H groups in total. The molecule has 0 heterocycles. The van der Waals surface area contributed by atoms with Gasteiger partial charge in [-0.25, -0.2) is 0 Å². The van der Waals surface area contributed by atoms with Gasteiger partial charge in [-0.15, -0.1) is 0 Å². The van der Waals surface area contributed by atoms with Crippen LogP contribution in [-0.2, 0) is 65.2 Å². The Kier molecular flexibility index (Phi) is 2850. The summed E-state index contributed by atoms with van der Waals surface area (Å²) in [7, 11) is 0. The van der Waals surface area contributed by atoms with Gasteiger partial charge in [-0.3, -0.25) is 0 Å². The zero-order valence-corrected chi connectivity index (χ0v) is 9.47. The molecule has 8 heteroatoms. The fraction of sp³-hybridized carbons (Fsp3) is 0. The van der Waals surface area contributed by atoms with Gasteiger partial charge in [-0.05, 0) is 0 Å². The molecule has 0 aromatic rings. The van der Waals surface area contributed by atoms with Crippen LogP contribution in [0.1, 0.15) is 0 Å². The van der Waals surface area contributed by atoms with Crippen molar-refractivity contribution in [3.63, 3.8) is 0 Å². The Morgan fingerprint density at radius 3 is 0.375 bits per heavy atom. The van der Waals surface area contributed by atoms with Gasteiger partial charge in [0.2, 0.25) is 0 Å². The van der Waals surface area contributed by atoms with Crippen LogP contribution in [-0.4, -0.2) is 11.0 Å². The Balaban J connectivity index is 0. The van der Waals surface area contributed by atoms with Crippen LogP contribution in [0.2, 0.25) is 0 Å². The molecule has 0 saturated heterocycles. The molecule has 0 unspecified atom stereocenters. The van der Waals surface area contributed by atoms with Crippen molar-refractivity contribution >= 4 is 11.0 Å². The van der Waals surface area contributed by atoms with Gasteiger partial charge in [0.15, 0.2) is 0 Å². The summed E-state index contributed by atoms with van der Waals surface area (Å²) in [6.07, 6.45) is 0. The third-order valence-corrected chi connectivity index (χ3v) is 0. The second-order valence-corrected chi connectivity index (χ2v) is 0. The smallest absolute Gasteiger partial charge is 3.00 e. The van der Waals surface area contributed by atoms with E-state index in [0.29, 0.717) is 0 Å². The molecule has 8 heavy (non-hydrogen) atoms. The fourth-order valence-electron chi connectivity index (χ4n) is 0. The molecule has 0 spiro atoms. The summed E-state index contributed by atoms with van der Waals surface area (Å²) in [5.41, 5.74) is 0. The normalized spacial score (nSPS) is 0. The second-order valence-electron chi connectivity index (χ2n) is 0. The zero-order chi connectivity index (χ0) is 0. The van der Waals surface area contributed by atoms with Crippen LogP contribution in [0.4, 0.5) is 0 Å². The van der Waals surface area contributed by atoms with Crippen LogP contribution in [0.3, 0.4) is 0 Å². The minimum Gasteiger partial charge on any atom is -3.00 e. The van der Waals surface area contributed by atoms with E-state index in [-0.39, 0.29) is 101 Å². The molecule has 0 bridgehead atoms. The maximum Gasteiger partial charge on any atom is 4.00 e. The molecule has 0 amide bonds. The SMILES string of the molecule is [N-3].[N-3].[N-3].[N-3].[Si].[Ti+4].[Ti+4].[Ti+4]. The van der Waals surface area contributed by atoms with E-state index in [1.807, 2.05) is 0 Å². The van der Waals surface area contributed by atoms with Crippen molar-refractivity contribution in [3.8, 4) is 0 Å². The summed E-state index contributed by atoms with van der Waals surface area (Å²) in [5, 5.41) is 0. The largest absolute Gasteiger partial charge is 4.00 e. The van der Waals surface area contributed by atoms with Crippen LogP contribution in [0, 0.1) is 0 Å². The maximum absolute atomic E-state index is 0. The molecule has 0 aromatic carbocycles. The molecule has 36 valence electrons. The van der Waals surface area contributed by atoms with Gasteiger partial charge in [-0.1, -0.05) is 0 Å². The van der Waals surface area contributed by atoms with Crippen molar-refractivity contribution in [2.24, 2.45) is 0 Å². The molecule has 0 aliphatic heterocycles. The standard InChI is InChI=1S/4N.Si.3Ti/q4*-3;;3*+4. The summed E-state index contributed by atoms with van der Waals surface area (Å²) >= 11 is 0. The van der Waals surface area contributed by atoms with Crippen molar-refractivity contribution in [3.05, 3.63) is 24.6 Å². The summed E-state index contributed by atoms with van der Waals surface area (Å²) in [6.45, 7) is 0. The first kappa shape index (κ1) is 178. The van der Waals surface area contributed by atoms with E-state index in [0.717, 1.165) is 0 Å². The maximum atomic E-state index is 0. The summed E-state index contributed by atoms with van der Waals surface area (Å²) in [5.74, 6) is 0. The van der Waals surface area contributed by atoms with Gasteiger partial charge >= 0.3 is 65.2 Å². The first-order valence-corrected chi connectivity index (χ1v) is 0. The first-order chi connectivity index (χ1) is 0. The van der Waals surface area contributed by atoms with Gasteiger partial charge in [0, 0.05) is 11.0 Å². The van der Waals surface area contributed by atoms with Crippen LogP contribution < -0.4 is 0 Å². The molecule has 0 saturated carbocycles. The average Bonchev–Trinajstić information content (AvgIpc) is 0. The Morgan fingerprint density at radius 2 is 0.375 bits per heavy atom. The molecule has 0 fully saturated rings. The van der Waals surface area contributed by atoms with E-state index in [2.05, 4.69) is 0 Å². The van der Waals surface area contributed by atoms with Crippen molar-refractivity contribution in [1.82, 2.24) is 0 Å².